The van der Waals surface area contributed by atoms with Crippen molar-refractivity contribution in [2.45, 2.75) is 0 Å². The van der Waals surface area contributed by atoms with Crippen LogP contribution >= 0.6 is 11.6 Å². The molecule has 3 heterocycles. The van der Waals surface area contributed by atoms with Crippen LogP contribution in [0, 0.1) is 0 Å². The number of hydrogen-bond acceptors (Lipinski definition) is 7. The number of carboxylic acid groups (broad SMARTS) is 1. The largest absolute Gasteiger partial charge is 0.504 e. The second kappa shape index (κ2) is 8.61. The molecular formula is C23H19ClN4O5. The van der Waals surface area contributed by atoms with E-state index in [1.807, 2.05) is 24.3 Å². The van der Waals surface area contributed by atoms with Crippen molar-refractivity contribution in [3.05, 3.63) is 59.1 Å². The Morgan fingerprint density at radius 1 is 1.09 bits per heavy atom. The number of carboxylic acids is 1. The summed E-state index contributed by atoms with van der Waals surface area (Å²) in [5.74, 6) is -1.39. The number of halogens is 1. The highest BCUT2D eigenvalue weighted by molar-refractivity contribution is 6.33. The average Bonchev–Trinajstić information content (AvgIpc) is 3.21. The van der Waals surface area contributed by atoms with Crippen molar-refractivity contribution in [3.63, 3.8) is 0 Å². The van der Waals surface area contributed by atoms with Crippen LogP contribution < -0.4 is 9.64 Å². The van der Waals surface area contributed by atoms with Crippen LogP contribution in [0.5, 0.6) is 17.5 Å². The lowest BCUT2D eigenvalue weighted by molar-refractivity contribution is 0.0696. The Morgan fingerprint density at radius 2 is 1.85 bits per heavy atom. The molecule has 33 heavy (non-hydrogen) atoms. The van der Waals surface area contributed by atoms with Gasteiger partial charge in [0.2, 0.25) is 0 Å². The van der Waals surface area contributed by atoms with Crippen molar-refractivity contribution in [1.29, 1.82) is 0 Å². The fourth-order valence-electron chi connectivity index (χ4n) is 3.63. The summed E-state index contributed by atoms with van der Waals surface area (Å²) in [5.41, 5.74) is 3.41. The third kappa shape index (κ3) is 4.28. The molecule has 2 aromatic carbocycles. The third-order valence-electron chi connectivity index (χ3n) is 5.34. The topological polar surface area (TPSA) is 121 Å². The first-order valence-electron chi connectivity index (χ1n) is 10.2. The highest BCUT2D eigenvalue weighted by Gasteiger charge is 2.16. The summed E-state index contributed by atoms with van der Waals surface area (Å²) >= 11 is 6.49. The van der Waals surface area contributed by atoms with Gasteiger partial charge in [-0.3, -0.25) is 0 Å². The van der Waals surface area contributed by atoms with Gasteiger partial charge in [0.1, 0.15) is 0 Å². The van der Waals surface area contributed by atoms with Crippen molar-refractivity contribution >= 4 is 34.4 Å². The quantitative estimate of drug-likeness (QED) is 0.398. The standard InChI is InChI=1S/C23H19ClN4O5/c24-16-12-17-21(27-23(25-17)33-19-11-14(22(30)31)3-6-18(19)29)26-20(16)13-1-4-15(5-2-13)28-7-9-32-10-8-28/h1-6,11-12,29H,7-10H2,(H,30,31)(H,25,26,27). The summed E-state index contributed by atoms with van der Waals surface area (Å²) in [7, 11) is 0. The number of phenolic OH excluding ortho intramolecular Hbond substituents is 1. The zero-order chi connectivity index (χ0) is 22.9. The number of phenols is 1. The minimum atomic E-state index is -1.14. The van der Waals surface area contributed by atoms with E-state index in [1.165, 1.54) is 18.2 Å². The molecule has 168 valence electrons. The van der Waals surface area contributed by atoms with E-state index >= 15 is 0 Å². The van der Waals surface area contributed by atoms with Crippen LogP contribution in [0.1, 0.15) is 10.4 Å². The molecule has 1 aliphatic rings. The smallest absolute Gasteiger partial charge is 0.335 e. The number of pyridine rings is 1. The molecule has 0 unspecified atom stereocenters. The zero-order valence-corrected chi connectivity index (χ0v) is 18.0. The van der Waals surface area contributed by atoms with Gasteiger partial charge in [-0.2, -0.15) is 4.98 Å². The highest BCUT2D eigenvalue weighted by Crippen LogP contribution is 2.34. The molecule has 0 saturated carbocycles. The Balaban J connectivity index is 1.43. The molecule has 0 radical (unpaired) electrons. The van der Waals surface area contributed by atoms with Crippen LogP contribution in [-0.2, 0) is 4.74 Å². The summed E-state index contributed by atoms with van der Waals surface area (Å²) in [6.07, 6.45) is 0. The minimum absolute atomic E-state index is 0.0251. The number of aromatic nitrogens is 3. The molecule has 4 aromatic rings. The molecule has 0 aliphatic carbocycles. The van der Waals surface area contributed by atoms with Crippen LogP contribution in [-0.4, -0.2) is 57.4 Å². The lowest BCUT2D eigenvalue weighted by Gasteiger charge is -2.28. The number of nitrogens with zero attached hydrogens (tertiary/aromatic N) is 3. The first-order chi connectivity index (χ1) is 16.0. The SMILES string of the molecule is O=C(O)c1ccc(O)c(Oc2nc3nc(-c4ccc(N5CCOCC5)cc4)c(Cl)cc3[nH]2)c1. The molecule has 0 bridgehead atoms. The monoisotopic (exact) mass is 466 g/mol. The number of fused-ring (bicyclic) bond motifs is 1. The maximum Gasteiger partial charge on any atom is 0.335 e. The normalized spacial score (nSPS) is 13.9. The van der Waals surface area contributed by atoms with Gasteiger partial charge in [0.15, 0.2) is 17.1 Å². The van der Waals surface area contributed by atoms with Gasteiger partial charge in [0.05, 0.1) is 35.0 Å². The summed E-state index contributed by atoms with van der Waals surface area (Å²) < 4.78 is 11.0. The van der Waals surface area contributed by atoms with Gasteiger partial charge < -0.3 is 29.6 Å². The number of ether oxygens (including phenoxy) is 2. The Morgan fingerprint density at radius 3 is 2.58 bits per heavy atom. The first kappa shape index (κ1) is 21.0. The van der Waals surface area contributed by atoms with Crippen LogP contribution in [0.15, 0.2) is 48.5 Å². The van der Waals surface area contributed by atoms with Crippen LogP contribution in [0.4, 0.5) is 5.69 Å². The molecule has 0 spiro atoms. The second-order valence-corrected chi connectivity index (χ2v) is 7.88. The summed E-state index contributed by atoms with van der Waals surface area (Å²) in [5, 5.41) is 19.6. The number of carbonyl (C=O) groups is 1. The number of H-pyrrole nitrogens is 1. The van der Waals surface area contributed by atoms with Gasteiger partial charge >= 0.3 is 12.0 Å². The zero-order valence-electron chi connectivity index (χ0n) is 17.3. The average molecular weight is 467 g/mol. The van der Waals surface area contributed by atoms with Crippen molar-refractivity contribution in [3.8, 4) is 28.8 Å². The van der Waals surface area contributed by atoms with E-state index in [9.17, 15) is 9.90 Å². The Labute approximate surface area is 193 Å². The molecule has 1 fully saturated rings. The maximum atomic E-state index is 11.2. The van der Waals surface area contributed by atoms with E-state index in [2.05, 4.69) is 19.9 Å². The van der Waals surface area contributed by atoms with E-state index in [4.69, 9.17) is 26.2 Å². The van der Waals surface area contributed by atoms with E-state index in [0.717, 1.165) is 24.3 Å². The summed E-state index contributed by atoms with van der Waals surface area (Å²) in [6, 6.07) is 13.5. The highest BCUT2D eigenvalue weighted by atomic mass is 35.5. The molecule has 3 N–H and O–H groups in total. The van der Waals surface area contributed by atoms with Crippen molar-refractivity contribution in [1.82, 2.24) is 15.0 Å². The second-order valence-electron chi connectivity index (χ2n) is 7.47. The van der Waals surface area contributed by atoms with Crippen molar-refractivity contribution < 1.29 is 24.5 Å². The van der Waals surface area contributed by atoms with Gasteiger partial charge in [0.25, 0.3) is 0 Å². The number of hydrogen-bond donors (Lipinski definition) is 3. The Bertz CT molecular complexity index is 1330. The molecule has 2 aromatic heterocycles. The number of aromatic carboxylic acids is 1. The molecule has 5 rings (SSSR count). The van der Waals surface area contributed by atoms with Crippen molar-refractivity contribution in [2.24, 2.45) is 0 Å². The van der Waals surface area contributed by atoms with Gasteiger partial charge in [-0.25, -0.2) is 9.78 Å². The molecule has 10 heteroatoms. The predicted molar refractivity (Wildman–Crippen MR) is 123 cm³/mol. The summed E-state index contributed by atoms with van der Waals surface area (Å²) in [6.45, 7) is 3.14. The molecule has 0 atom stereocenters. The Hall–Kier alpha value is -3.82. The van der Waals surface area contributed by atoms with E-state index in [-0.39, 0.29) is 23.1 Å². The van der Waals surface area contributed by atoms with Gasteiger partial charge in [-0.15, -0.1) is 0 Å². The fourth-order valence-corrected chi connectivity index (χ4v) is 3.89. The fraction of sp³-hybridized carbons (Fsp3) is 0.174. The Kier molecular flexibility index (Phi) is 5.49. The summed E-state index contributed by atoms with van der Waals surface area (Å²) in [4.78, 5) is 25.3. The number of anilines is 1. The number of nitrogens with one attached hydrogen (secondary N) is 1. The van der Waals surface area contributed by atoms with Gasteiger partial charge in [0, 0.05) is 24.3 Å². The third-order valence-corrected chi connectivity index (χ3v) is 5.62. The number of imidazole rings is 1. The van der Waals surface area contributed by atoms with Gasteiger partial charge in [-0.05, 0) is 36.4 Å². The van der Waals surface area contributed by atoms with E-state index in [1.54, 1.807) is 6.07 Å². The molecule has 1 aliphatic heterocycles. The van der Waals surface area contributed by atoms with Crippen LogP contribution in [0.2, 0.25) is 5.02 Å². The number of rotatable bonds is 5. The number of aromatic hydroxyl groups is 1. The van der Waals surface area contributed by atoms with E-state index in [0.29, 0.717) is 35.1 Å². The minimum Gasteiger partial charge on any atom is -0.504 e. The van der Waals surface area contributed by atoms with Crippen LogP contribution in [0.25, 0.3) is 22.4 Å². The van der Waals surface area contributed by atoms with Crippen LogP contribution in [0.3, 0.4) is 0 Å². The van der Waals surface area contributed by atoms with E-state index < -0.39 is 5.97 Å². The molecule has 9 nitrogen and oxygen atoms in total. The predicted octanol–water partition coefficient (Wildman–Crippen LogP) is 4.31. The number of morpholine rings is 1. The molecule has 0 amide bonds. The molecule has 1 saturated heterocycles. The lowest BCUT2D eigenvalue weighted by Crippen LogP contribution is -2.36. The number of aromatic amines is 1. The number of benzene rings is 2. The maximum absolute atomic E-state index is 11.2. The van der Waals surface area contributed by atoms with Gasteiger partial charge in [-0.1, -0.05) is 23.7 Å². The van der Waals surface area contributed by atoms with Crippen molar-refractivity contribution in [2.75, 3.05) is 31.2 Å². The first-order valence-corrected chi connectivity index (χ1v) is 10.6. The lowest BCUT2D eigenvalue weighted by atomic mass is 10.1. The molecular weight excluding hydrogens is 448 g/mol.